The molecule has 0 amide bonds. The van der Waals surface area contributed by atoms with Crippen molar-refractivity contribution in [3.05, 3.63) is 94.0 Å². The molecule has 0 aliphatic rings. The summed E-state index contributed by atoms with van der Waals surface area (Å²) in [6.45, 7) is 1.65. The molecule has 0 spiro atoms. The first-order valence-corrected chi connectivity index (χ1v) is 7.52. The zero-order valence-corrected chi connectivity index (χ0v) is 13.3. The summed E-state index contributed by atoms with van der Waals surface area (Å²) >= 11 is 0. The number of halogens is 2. The van der Waals surface area contributed by atoms with Gasteiger partial charge in [0.15, 0.2) is 0 Å². The highest BCUT2D eigenvalue weighted by Crippen LogP contribution is 2.36. The van der Waals surface area contributed by atoms with Gasteiger partial charge < -0.3 is 4.90 Å². The van der Waals surface area contributed by atoms with E-state index in [-0.39, 0.29) is 5.82 Å². The molecule has 3 aromatic carbocycles. The van der Waals surface area contributed by atoms with Crippen molar-refractivity contribution in [1.29, 1.82) is 0 Å². The maximum atomic E-state index is 14.1. The van der Waals surface area contributed by atoms with Crippen molar-refractivity contribution in [2.45, 2.75) is 6.92 Å². The number of hydrogen-bond donors (Lipinski definition) is 0. The first kappa shape index (κ1) is 16.6. The quantitative estimate of drug-likeness (QED) is 0.455. The average Bonchev–Trinajstić information content (AvgIpc) is 2.59. The van der Waals surface area contributed by atoms with Crippen LogP contribution >= 0.6 is 0 Å². The highest BCUT2D eigenvalue weighted by atomic mass is 19.1. The Morgan fingerprint density at radius 1 is 0.840 bits per heavy atom. The first-order chi connectivity index (χ1) is 12.0. The summed E-state index contributed by atoms with van der Waals surface area (Å²) in [6, 6.07) is 17.3. The second-order valence-corrected chi connectivity index (χ2v) is 5.50. The van der Waals surface area contributed by atoms with E-state index in [1.807, 2.05) is 6.07 Å². The van der Waals surface area contributed by atoms with Gasteiger partial charge >= 0.3 is 5.69 Å². The van der Waals surface area contributed by atoms with Gasteiger partial charge in [0.25, 0.3) is 0 Å². The topological polar surface area (TPSA) is 46.4 Å². The zero-order chi connectivity index (χ0) is 18.0. The lowest BCUT2D eigenvalue weighted by Crippen LogP contribution is -2.11. The molecule has 0 radical (unpaired) electrons. The molecular weight excluding hydrogens is 326 g/mol. The summed E-state index contributed by atoms with van der Waals surface area (Å²) in [5.74, 6) is -1.34. The first-order valence-electron chi connectivity index (χ1n) is 7.52. The molecule has 25 heavy (non-hydrogen) atoms. The van der Waals surface area contributed by atoms with Crippen LogP contribution in [0.1, 0.15) is 5.56 Å². The van der Waals surface area contributed by atoms with Crippen LogP contribution < -0.4 is 4.90 Å². The third-order valence-electron chi connectivity index (χ3n) is 3.81. The Morgan fingerprint density at radius 2 is 1.44 bits per heavy atom. The minimum absolute atomic E-state index is 0.359. The molecule has 6 heteroatoms. The Hall–Kier alpha value is -3.28. The number of anilines is 3. The SMILES string of the molecule is Cc1ccc(N(c2ccccc2)c2ccc([N+](=O)[O-])c(F)c2)cc1F. The van der Waals surface area contributed by atoms with Gasteiger partial charge in [-0.25, -0.2) is 4.39 Å². The molecule has 0 heterocycles. The summed E-state index contributed by atoms with van der Waals surface area (Å²) in [6.07, 6.45) is 0. The van der Waals surface area contributed by atoms with E-state index in [0.717, 1.165) is 12.1 Å². The van der Waals surface area contributed by atoms with Gasteiger partial charge in [-0.1, -0.05) is 24.3 Å². The van der Waals surface area contributed by atoms with Gasteiger partial charge in [0.05, 0.1) is 4.92 Å². The summed E-state index contributed by atoms with van der Waals surface area (Å²) in [5, 5.41) is 10.8. The molecule has 126 valence electrons. The Balaban J connectivity index is 2.16. The highest BCUT2D eigenvalue weighted by Gasteiger charge is 2.19. The number of nitrogens with zero attached hydrogens (tertiary/aromatic N) is 2. The van der Waals surface area contributed by atoms with Gasteiger partial charge in [0, 0.05) is 29.2 Å². The van der Waals surface area contributed by atoms with Gasteiger partial charge in [-0.15, -0.1) is 0 Å². The fourth-order valence-electron chi connectivity index (χ4n) is 2.53. The van der Waals surface area contributed by atoms with Gasteiger partial charge in [0.2, 0.25) is 5.82 Å². The average molecular weight is 340 g/mol. The van der Waals surface area contributed by atoms with E-state index >= 15 is 0 Å². The number of hydrogen-bond acceptors (Lipinski definition) is 3. The standard InChI is InChI=1S/C19H14F2N2O2/c1-13-7-8-15(11-17(13)20)22(14-5-3-2-4-6-14)16-9-10-19(23(24)25)18(21)12-16/h2-12H,1H3. The number of aryl methyl sites for hydroxylation is 1. The van der Waals surface area contributed by atoms with E-state index in [2.05, 4.69) is 0 Å². The lowest BCUT2D eigenvalue weighted by atomic mass is 10.1. The van der Waals surface area contributed by atoms with Gasteiger partial charge in [-0.2, -0.15) is 4.39 Å². The molecule has 0 fully saturated rings. The van der Waals surface area contributed by atoms with Crippen LogP contribution in [-0.4, -0.2) is 4.92 Å². The molecule has 3 aromatic rings. The van der Waals surface area contributed by atoms with Crippen LogP contribution in [0.15, 0.2) is 66.7 Å². The van der Waals surface area contributed by atoms with Crippen LogP contribution in [0.2, 0.25) is 0 Å². The molecule has 0 saturated heterocycles. The smallest absolute Gasteiger partial charge is 0.304 e. The summed E-state index contributed by atoms with van der Waals surface area (Å²) < 4.78 is 28.1. The van der Waals surface area contributed by atoms with Crippen molar-refractivity contribution in [1.82, 2.24) is 0 Å². The molecule has 4 nitrogen and oxygen atoms in total. The van der Waals surface area contributed by atoms with Crippen molar-refractivity contribution in [3.8, 4) is 0 Å². The molecule has 0 bridgehead atoms. The lowest BCUT2D eigenvalue weighted by Gasteiger charge is -2.25. The Bertz CT molecular complexity index is 930. The van der Waals surface area contributed by atoms with Crippen LogP contribution in [0, 0.1) is 28.7 Å². The highest BCUT2D eigenvalue weighted by molar-refractivity contribution is 5.77. The van der Waals surface area contributed by atoms with Crippen LogP contribution in [0.25, 0.3) is 0 Å². The van der Waals surface area contributed by atoms with Crippen LogP contribution in [0.3, 0.4) is 0 Å². The fraction of sp³-hybridized carbons (Fsp3) is 0.0526. The molecule has 0 saturated carbocycles. The molecule has 0 unspecified atom stereocenters. The lowest BCUT2D eigenvalue weighted by molar-refractivity contribution is -0.387. The largest absolute Gasteiger partial charge is 0.310 e. The predicted molar refractivity (Wildman–Crippen MR) is 92.4 cm³/mol. The molecular formula is C19H14F2N2O2. The van der Waals surface area contributed by atoms with Crippen LogP contribution in [-0.2, 0) is 0 Å². The van der Waals surface area contributed by atoms with Crippen LogP contribution in [0.5, 0.6) is 0 Å². The van der Waals surface area contributed by atoms with Crippen LogP contribution in [0.4, 0.5) is 31.5 Å². The summed E-state index contributed by atoms with van der Waals surface area (Å²) in [5.41, 5.74) is 1.41. The normalized spacial score (nSPS) is 10.5. The maximum absolute atomic E-state index is 14.1. The third-order valence-corrected chi connectivity index (χ3v) is 3.81. The van der Waals surface area contributed by atoms with E-state index in [9.17, 15) is 18.9 Å². The van der Waals surface area contributed by atoms with Crippen molar-refractivity contribution in [3.63, 3.8) is 0 Å². The fourth-order valence-corrected chi connectivity index (χ4v) is 2.53. The monoisotopic (exact) mass is 340 g/mol. The van der Waals surface area contributed by atoms with E-state index in [1.165, 1.54) is 12.1 Å². The molecule has 0 aliphatic heterocycles. The van der Waals surface area contributed by atoms with E-state index in [1.54, 1.807) is 48.2 Å². The Morgan fingerprint density at radius 3 is 2.00 bits per heavy atom. The van der Waals surface area contributed by atoms with E-state index in [4.69, 9.17) is 0 Å². The van der Waals surface area contributed by atoms with Gasteiger partial charge in [-0.05, 0) is 42.8 Å². The van der Waals surface area contributed by atoms with E-state index < -0.39 is 16.4 Å². The summed E-state index contributed by atoms with van der Waals surface area (Å²) in [7, 11) is 0. The zero-order valence-electron chi connectivity index (χ0n) is 13.3. The van der Waals surface area contributed by atoms with Crippen molar-refractivity contribution in [2.75, 3.05) is 4.90 Å². The second kappa shape index (κ2) is 6.68. The number of benzene rings is 3. The molecule has 0 atom stereocenters. The summed E-state index contributed by atoms with van der Waals surface area (Å²) in [4.78, 5) is 11.7. The minimum atomic E-state index is -0.948. The minimum Gasteiger partial charge on any atom is -0.310 e. The predicted octanol–water partition coefficient (Wildman–Crippen LogP) is 5.65. The number of rotatable bonds is 4. The van der Waals surface area contributed by atoms with Crippen molar-refractivity contribution < 1.29 is 13.7 Å². The molecule has 0 aliphatic carbocycles. The second-order valence-electron chi connectivity index (χ2n) is 5.50. The number of para-hydroxylation sites is 1. The Kier molecular flexibility index (Phi) is 4.43. The molecule has 0 N–H and O–H groups in total. The van der Waals surface area contributed by atoms with Crippen molar-refractivity contribution >= 4 is 22.7 Å². The number of nitro groups is 1. The maximum Gasteiger partial charge on any atom is 0.304 e. The molecule has 3 rings (SSSR count). The van der Waals surface area contributed by atoms with Crippen molar-refractivity contribution in [2.24, 2.45) is 0 Å². The van der Waals surface area contributed by atoms with Gasteiger partial charge in [-0.3, -0.25) is 10.1 Å². The van der Waals surface area contributed by atoms with E-state index in [0.29, 0.717) is 22.6 Å². The third kappa shape index (κ3) is 3.33. The Labute approximate surface area is 143 Å². The number of nitro benzene ring substituents is 1. The van der Waals surface area contributed by atoms with Gasteiger partial charge in [0.1, 0.15) is 5.82 Å². The molecule has 0 aromatic heterocycles.